The van der Waals surface area contributed by atoms with Crippen molar-refractivity contribution in [3.8, 4) is 11.3 Å². The van der Waals surface area contributed by atoms with Crippen LogP contribution in [0, 0.1) is 18.6 Å². The molecule has 2 aromatic carbocycles. The van der Waals surface area contributed by atoms with Gasteiger partial charge in [0, 0.05) is 35.3 Å². The van der Waals surface area contributed by atoms with Gasteiger partial charge in [-0.05, 0) is 76.5 Å². The number of aromatic nitrogens is 2. The molecule has 1 saturated heterocycles. The summed E-state index contributed by atoms with van der Waals surface area (Å²) in [5, 5.41) is 8.93. The number of nitrogens with one attached hydrogen (secondary N) is 3. The number of hydrogen-bond acceptors (Lipinski definition) is 6. The van der Waals surface area contributed by atoms with E-state index in [1.54, 1.807) is 12.1 Å². The molecule has 0 unspecified atom stereocenters. The van der Waals surface area contributed by atoms with Crippen LogP contribution in [-0.2, 0) is 6.54 Å². The van der Waals surface area contributed by atoms with Crippen LogP contribution in [-0.4, -0.2) is 58.5 Å². The maximum Gasteiger partial charge on any atom is 0.328 e. The van der Waals surface area contributed by atoms with Gasteiger partial charge in [0.1, 0.15) is 17.3 Å². The van der Waals surface area contributed by atoms with Gasteiger partial charge in [-0.2, -0.15) is 4.98 Å². The van der Waals surface area contributed by atoms with E-state index in [1.807, 2.05) is 26.8 Å². The van der Waals surface area contributed by atoms with E-state index >= 15 is 8.78 Å². The van der Waals surface area contributed by atoms with Crippen LogP contribution in [0.3, 0.4) is 0 Å². The van der Waals surface area contributed by atoms with Crippen LogP contribution < -0.4 is 20.9 Å². The van der Waals surface area contributed by atoms with E-state index in [-0.39, 0.29) is 36.3 Å². The van der Waals surface area contributed by atoms with Gasteiger partial charge in [-0.3, -0.25) is 9.69 Å². The first-order valence-electron chi connectivity index (χ1n) is 14.0. The Kier molecular flexibility index (Phi) is 8.16. The zero-order valence-corrected chi connectivity index (χ0v) is 23.7. The fourth-order valence-electron chi connectivity index (χ4n) is 5.49. The minimum Gasteiger partial charge on any atom is -0.353 e. The highest BCUT2D eigenvalue weighted by molar-refractivity contribution is 6.02. The average molecular weight is 564 g/mol. The van der Waals surface area contributed by atoms with Crippen LogP contribution in [0.15, 0.2) is 36.4 Å². The van der Waals surface area contributed by atoms with E-state index in [2.05, 4.69) is 32.8 Å². The summed E-state index contributed by atoms with van der Waals surface area (Å²) in [6, 6.07) is 8.30. The zero-order valence-electron chi connectivity index (χ0n) is 23.7. The van der Waals surface area contributed by atoms with Crippen molar-refractivity contribution in [1.29, 1.82) is 0 Å². The highest BCUT2D eigenvalue weighted by Crippen LogP contribution is 2.39. The molecule has 2 aliphatic heterocycles. The van der Waals surface area contributed by atoms with Crippen molar-refractivity contribution >= 4 is 29.4 Å². The molecule has 3 heterocycles. The summed E-state index contributed by atoms with van der Waals surface area (Å²) in [6.07, 6.45) is 2.13. The molecule has 0 bridgehead atoms. The number of likely N-dealkylation sites (N-methyl/N-ethyl adjacent to an activating group) is 1. The molecule has 0 saturated carbocycles. The summed E-state index contributed by atoms with van der Waals surface area (Å²) < 4.78 is 30.0. The fourth-order valence-corrected chi connectivity index (χ4v) is 5.49. The highest BCUT2D eigenvalue weighted by Gasteiger charge is 2.34. The second-order valence-electron chi connectivity index (χ2n) is 10.7. The van der Waals surface area contributed by atoms with Gasteiger partial charge in [-0.25, -0.2) is 23.5 Å². The van der Waals surface area contributed by atoms with Gasteiger partial charge in [0.2, 0.25) is 5.95 Å². The third-order valence-electron chi connectivity index (χ3n) is 7.55. The number of anilines is 3. The lowest BCUT2D eigenvalue weighted by Gasteiger charge is -2.31. The molecule has 5 rings (SSSR count). The Morgan fingerprint density at radius 3 is 2.63 bits per heavy atom. The second kappa shape index (κ2) is 11.8. The summed E-state index contributed by atoms with van der Waals surface area (Å²) >= 11 is 0. The van der Waals surface area contributed by atoms with Gasteiger partial charge in [-0.15, -0.1) is 0 Å². The number of amides is 3. The minimum absolute atomic E-state index is 0.0461. The molecule has 2 aliphatic rings. The molecule has 3 amide bonds. The van der Waals surface area contributed by atoms with Crippen molar-refractivity contribution in [2.24, 2.45) is 0 Å². The number of halogens is 2. The SMILES string of the molecule is CCN1CCC[C@H]1CNc1nc(-c2cc(C(=O)NC(C)C)ccc2C)c2c(n1)N(c1c(F)cccc1F)C(=O)NC2. The molecule has 216 valence electrons. The van der Waals surface area contributed by atoms with Gasteiger partial charge in [0.15, 0.2) is 5.82 Å². The molecule has 0 aliphatic carbocycles. The summed E-state index contributed by atoms with van der Waals surface area (Å²) in [5.74, 6) is -1.70. The molecule has 1 aromatic heterocycles. The number of likely N-dealkylation sites (tertiary alicyclic amines) is 1. The van der Waals surface area contributed by atoms with Crippen molar-refractivity contribution in [2.45, 2.75) is 59.2 Å². The van der Waals surface area contributed by atoms with E-state index in [0.29, 0.717) is 28.9 Å². The Bertz CT molecular complexity index is 1460. The molecular weight excluding hydrogens is 528 g/mol. The Morgan fingerprint density at radius 1 is 1.17 bits per heavy atom. The molecule has 1 atom stereocenters. The first-order valence-corrected chi connectivity index (χ1v) is 14.0. The Balaban J connectivity index is 1.66. The fraction of sp³-hybridized carbons (Fsp3) is 0.400. The predicted molar refractivity (Wildman–Crippen MR) is 154 cm³/mol. The van der Waals surface area contributed by atoms with Crippen molar-refractivity contribution in [2.75, 3.05) is 29.9 Å². The maximum atomic E-state index is 15.0. The summed E-state index contributed by atoms with van der Waals surface area (Å²) in [5.41, 5.74) is 2.38. The van der Waals surface area contributed by atoms with Crippen molar-refractivity contribution in [3.63, 3.8) is 0 Å². The van der Waals surface area contributed by atoms with Gasteiger partial charge in [0.05, 0.1) is 12.2 Å². The van der Waals surface area contributed by atoms with Crippen molar-refractivity contribution < 1.29 is 18.4 Å². The van der Waals surface area contributed by atoms with E-state index in [4.69, 9.17) is 4.98 Å². The average Bonchev–Trinajstić information content (AvgIpc) is 3.40. The summed E-state index contributed by atoms with van der Waals surface area (Å²) in [7, 11) is 0. The number of aryl methyl sites for hydroxylation is 1. The first kappa shape index (κ1) is 28.4. The molecule has 3 N–H and O–H groups in total. The number of urea groups is 1. The molecule has 9 nitrogen and oxygen atoms in total. The van der Waals surface area contributed by atoms with Gasteiger partial charge < -0.3 is 16.0 Å². The largest absolute Gasteiger partial charge is 0.353 e. The van der Waals surface area contributed by atoms with Crippen LogP contribution >= 0.6 is 0 Å². The maximum absolute atomic E-state index is 15.0. The number of carbonyl (C=O) groups is 2. The number of para-hydroxylation sites is 1. The van der Waals surface area contributed by atoms with Crippen LogP contribution in [0.1, 0.15) is 55.1 Å². The number of rotatable bonds is 8. The Morgan fingerprint density at radius 2 is 1.93 bits per heavy atom. The van der Waals surface area contributed by atoms with Crippen LogP contribution in [0.5, 0.6) is 0 Å². The third-order valence-corrected chi connectivity index (χ3v) is 7.55. The predicted octanol–water partition coefficient (Wildman–Crippen LogP) is 5.13. The van der Waals surface area contributed by atoms with Gasteiger partial charge in [0.25, 0.3) is 5.91 Å². The van der Waals surface area contributed by atoms with Crippen molar-refractivity contribution in [3.05, 3.63) is 64.7 Å². The monoisotopic (exact) mass is 563 g/mol. The standard InChI is InChI=1S/C30H35F2N7O2/c1-5-38-13-7-8-20(38)15-33-29-36-25(21-14-19(12-11-18(21)4)28(40)35-17(2)3)22-16-34-30(41)39(27(22)37-29)26-23(31)9-6-10-24(26)32/h6,9-12,14,17,20H,5,7-8,13,15-16H2,1-4H3,(H,34,41)(H,35,40)(H,33,36,37)/t20-/m0/s1. The molecule has 41 heavy (non-hydrogen) atoms. The molecule has 0 spiro atoms. The second-order valence-corrected chi connectivity index (χ2v) is 10.7. The number of fused-ring (bicyclic) bond motifs is 1. The smallest absolute Gasteiger partial charge is 0.328 e. The highest BCUT2D eigenvalue weighted by atomic mass is 19.1. The lowest BCUT2D eigenvalue weighted by atomic mass is 9.97. The number of carbonyl (C=O) groups excluding carboxylic acids is 2. The van der Waals surface area contributed by atoms with Crippen LogP contribution in [0.25, 0.3) is 11.3 Å². The first-order chi connectivity index (χ1) is 19.7. The van der Waals surface area contributed by atoms with Crippen LogP contribution in [0.4, 0.5) is 31.0 Å². The van der Waals surface area contributed by atoms with E-state index < -0.39 is 23.4 Å². The third kappa shape index (κ3) is 5.72. The van der Waals surface area contributed by atoms with E-state index in [0.717, 1.165) is 48.5 Å². The number of nitrogens with zero attached hydrogens (tertiary/aromatic N) is 4. The summed E-state index contributed by atoms with van der Waals surface area (Å²) in [4.78, 5) is 38.8. The minimum atomic E-state index is -0.893. The number of benzene rings is 2. The Hall–Kier alpha value is -4.12. The molecule has 3 aromatic rings. The van der Waals surface area contributed by atoms with E-state index in [9.17, 15) is 9.59 Å². The normalized spacial score (nSPS) is 17.0. The Labute approximate surface area is 238 Å². The van der Waals surface area contributed by atoms with Crippen molar-refractivity contribution in [1.82, 2.24) is 25.5 Å². The molecule has 0 radical (unpaired) electrons. The summed E-state index contributed by atoms with van der Waals surface area (Å²) in [6.45, 7) is 10.3. The molecular formula is C30H35F2N7O2. The quantitative estimate of drug-likeness (QED) is 0.351. The lowest BCUT2D eigenvalue weighted by molar-refractivity contribution is 0.0943. The zero-order chi connectivity index (χ0) is 29.3. The van der Waals surface area contributed by atoms with Crippen LogP contribution in [0.2, 0.25) is 0 Å². The molecule has 1 fully saturated rings. The molecule has 11 heteroatoms. The van der Waals surface area contributed by atoms with Gasteiger partial charge in [-0.1, -0.05) is 19.1 Å². The van der Waals surface area contributed by atoms with E-state index in [1.165, 1.54) is 6.07 Å². The lowest BCUT2D eigenvalue weighted by Crippen LogP contribution is -2.43. The topological polar surface area (TPSA) is 102 Å². The van der Waals surface area contributed by atoms with Gasteiger partial charge >= 0.3 is 6.03 Å². The number of hydrogen-bond donors (Lipinski definition) is 3.